The summed E-state index contributed by atoms with van der Waals surface area (Å²) in [7, 11) is 0. The van der Waals surface area contributed by atoms with Gasteiger partial charge >= 0.3 is 0 Å². The third-order valence-corrected chi connectivity index (χ3v) is 6.59. The summed E-state index contributed by atoms with van der Waals surface area (Å²) in [5.74, 6) is 1.00. The topological polar surface area (TPSA) is 33.1 Å². The summed E-state index contributed by atoms with van der Waals surface area (Å²) in [5.41, 5.74) is 2.28. The third-order valence-electron chi connectivity index (χ3n) is 5.24. The van der Waals surface area contributed by atoms with Gasteiger partial charge in [-0.1, -0.05) is 75.4 Å². The zero-order chi connectivity index (χ0) is 19.4. The zero-order valence-electron chi connectivity index (χ0n) is 16.5. The van der Waals surface area contributed by atoms with Crippen LogP contribution in [0.3, 0.4) is 0 Å². The number of hydrogen-bond donors (Lipinski definition) is 1. The van der Waals surface area contributed by atoms with Crippen molar-refractivity contribution in [2.75, 3.05) is 0 Å². The Hall–Kier alpha value is -2.13. The number of aromatic hydroxyl groups is 1. The highest BCUT2D eigenvalue weighted by atomic mass is 32.1. The molecule has 2 aromatic rings. The quantitative estimate of drug-likeness (QED) is 0.555. The lowest BCUT2D eigenvalue weighted by molar-refractivity contribution is 0.440. The maximum absolute atomic E-state index is 10.6. The fraction of sp³-hybridized carbons (Fsp3) is 0.375. The molecule has 142 valence electrons. The van der Waals surface area contributed by atoms with Crippen molar-refractivity contribution in [3.8, 4) is 5.88 Å². The van der Waals surface area contributed by atoms with Crippen LogP contribution in [0, 0.1) is 5.92 Å². The number of benzene rings is 1. The highest BCUT2D eigenvalue weighted by Gasteiger charge is 2.33. The van der Waals surface area contributed by atoms with Gasteiger partial charge in [-0.3, -0.25) is 0 Å². The van der Waals surface area contributed by atoms with Crippen molar-refractivity contribution in [1.82, 2.24) is 4.98 Å². The molecule has 3 heteroatoms. The maximum Gasteiger partial charge on any atom is 0.226 e. The van der Waals surface area contributed by atoms with Crippen LogP contribution in [0.2, 0.25) is 0 Å². The first kappa shape index (κ1) is 19.6. The molecule has 3 rings (SSSR count). The molecule has 0 bridgehead atoms. The Kier molecular flexibility index (Phi) is 6.01. The molecule has 0 saturated heterocycles. The van der Waals surface area contributed by atoms with Crippen LogP contribution in [0.25, 0.3) is 0 Å². The zero-order valence-corrected chi connectivity index (χ0v) is 17.3. The van der Waals surface area contributed by atoms with Gasteiger partial charge in [-0.25, -0.2) is 4.98 Å². The molecule has 0 amide bonds. The Bertz CT molecular complexity index is 844. The van der Waals surface area contributed by atoms with Gasteiger partial charge in [-0.2, -0.15) is 0 Å². The molecule has 1 N–H and O–H groups in total. The van der Waals surface area contributed by atoms with Gasteiger partial charge in [0, 0.05) is 11.3 Å². The monoisotopic (exact) mass is 379 g/mol. The minimum absolute atomic E-state index is 0.143. The molecule has 1 aliphatic carbocycles. The van der Waals surface area contributed by atoms with Crippen LogP contribution in [-0.4, -0.2) is 10.1 Å². The first-order chi connectivity index (χ1) is 13.0. The Morgan fingerprint density at radius 3 is 2.56 bits per heavy atom. The molecular formula is C24H29NOS. The van der Waals surface area contributed by atoms with E-state index in [2.05, 4.69) is 68.8 Å². The van der Waals surface area contributed by atoms with E-state index in [1.165, 1.54) is 11.1 Å². The molecule has 1 aliphatic rings. The second-order valence-electron chi connectivity index (χ2n) is 7.74. The maximum atomic E-state index is 10.6. The molecule has 2 unspecified atom stereocenters. The Balaban J connectivity index is 1.92. The summed E-state index contributed by atoms with van der Waals surface area (Å²) in [5, 5.41) is 11.6. The van der Waals surface area contributed by atoms with Crippen LogP contribution in [0.5, 0.6) is 5.88 Å². The third kappa shape index (κ3) is 4.08. The minimum Gasteiger partial charge on any atom is -0.492 e. The van der Waals surface area contributed by atoms with Crippen molar-refractivity contribution in [3.63, 3.8) is 0 Å². The average Bonchev–Trinajstić information content (AvgIpc) is 3.06. The van der Waals surface area contributed by atoms with Gasteiger partial charge in [-0.05, 0) is 36.3 Å². The van der Waals surface area contributed by atoms with Crippen molar-refractivity contribution < 1.29 is 5.11 Å². The largest absolute Gasteiger partial charge is 0.492 e. The summed E-state index contributed by atoms with van der Waals surface area (Å²) in [6, 6.07) is 8.89. The minimum atomic E-state index is -0.353. The van der Waals surface area contributed by atoms with Crippen LogP contribution in [0.4, 0.5) is 0 Å². The van der Waals surface area contributed by atoms with Gasteiger partial charge in [0.1, 0.15) is 5.01 Å². The SMILES string of the molecule is C=CC1(c2sc(C(CC)c3ccc(CC(C)C)cc3)nc2O)C=CC=CC1. The molecule has 0 saturated carbocycles. The molecule has 1 aromatic heterocycles. The van der Waals surface area contributed by atoms with E-state index in [1.54, 1.807) is 11.3 Å². The van der Waals surface area contributed by atoms with Crippen molar-refractivity contribution in [1.29, 1.82) is 0 Å². The smallest absolute Gasteiger partial charge is 0.226 e. The normalized spacial score (nSPS) is 20.1. The molecule has 2 atom stereocenters. The molecule has 2 nitrogen and oxygen atoms in total. The number of aromatic nitrogens is 1. The van der Waals surface area contributed by atoms with E-state index in [1.807, 2.05) is 18.2 Å². The first-order valence-corrected chi connectivity index (χ1v) is 10.6. The van der Waals surface area contributed by atoms with Crippen LogP contribution in [0.1, 0.15) is 60.5 Å². The van der Waals surface area contributed by atoms with Crippen molar-refractivity contribution >= 4 is 11.3 Å². The first-order valence-electron chi connectivity index (χ1n) is 9.76. The number of hydrogen-bond acceptors (Lipinski definition) is 3. The summed E-state index contributed by atoms with van der Waals surface area (Å²) >= 11 is 1.61. The van der Waals surface area contributed by atoms with Gasteiger partial charge < -0.3 is 5.11 Å². The van der Waals surface area contributed by atoms with E-state index >= 15 is 0 Å². The average molecular weight is 380 g/mol. The van der Waals surface area contributed by atoms with Crippen LogP contribution in [-0.2, 0) is 11.8 Å². The van der Waals surface area contributed by atoms with Gasteiger partial charge in [0.2, 0.25) is 5.88 Å². The molecule has 0 radical (unpaired) electrons. The van der Waals surface area contributed by atoms with Gasteiger partial charge in [0.25, 0.3) is 0 Å². The van der Waals surface area contributed by atoms with Crippen molar-refractivity contribution in [2.45, 2.75) is 51.4 Å². The molecule has 0 fully saturated rings. The highest BCUT2D eigenvalue weighted by Crippen LogP contribution is 2.45. The van der Waals surface area contributed by atoms with Crippen LogP contribution >= 0.6 is 11.3 Å². The van der Waals surface area contributed by atoms with E-state index in [4.69, 9.17) is 0 Å². The van der Waals surface area contributed by atoms with Gasteiger partial charge in [0.15, 0.2) is 0 Å². The second-order valence-corrected chi connectivity index (χ2v) is 8.77. The Morgan fingerprint density at radius 2 is 2.00 bits per heavy atom. The lowest BCUT2D eigenvalue weighted by Crippen LogP contribution is -2.19. The molecule has 1 aromatic carbocycles. The predicted octanol–water partition coefficient (Wildman–Crippen LogP) is 6.53. The van der Waals surface area contributed by atoms with E-state index < -0.39 is 0 Å². The lowest BCUT2D eigenvalue weighted by atomic mass is 9.80. The molecular weight excluding hydrogens is 350 g/mol. The lowest BCUT2D eigenvalue weighted by Gasteiger charge is -2.26. The molecule has 0 spiro atoms. The fourth-order valence-electron chi connectivity index (χ4n) is 3.74. The summed E-state index contributed by atoms with van der Waals surface area (Å²) in [6.07, 6.45) is 13.1. The van der Waals surface area contributed by atoms with Crippen molar-refractivity contribution in [2.24, 2.45) is 5.92 Å². The van der Waals surface area contributed by atoms with Gasteiger partial charge in [0.05, 0.1) is 4.88 Å². The van der Waals surface area contributed by atoms with Crippen LogP contribution in [0.15, 0.2) is 61.2 Å². The number of rotatable bonds is 7. The summed E-state index contributed by atoms with van der Waals surface area (Å²) in [4.78, 5) is 5.46. The Morgan fingerprint density at radius 1 is 1.26 bits per heavy atom. The van der Waals surface area contributed by atoms with Crippen LogP contribution < -0.4 is 0 Å². The van der Waals surface area contributed by atoms with Crippen molar-refractivity contribution in [3.05, 3.63) is 82.2 Å². The number of thiazole rings is 1. The van der Waals surface area contributed by atoms with Gasteiger partial charge in [-0.15, -0.1) is 17.9 Å². The Labute approximate surface area is 167 Å². The second kappa shape index (κ2) is 8.26. The van der Waals surface area contributed by atoms with E-state index in [0.717, 1.165) is 29.1 Å². The number of allylic oxidation sites excluding steroid dienone is 5. The van der Waals surface area contributed by atoms with E-state index in [0.29, 0.717) is 5.92 Å². The summed E-state index contributed by atoms with van der Waals surface area (Å²) in [6.45, 7) is 10.7. The summed E-state index contributed by atoms with van der Waals surface area (Å²) < 4.78 is 0. The predicted molar refractivity (Wildman–Crippen MR) is 116 cm³/mol. The molecule has 1 heterocycles. The number of nitrogens with zero attached hydrogens (tertiary/aromatic N) is 1. The molecule has 27 heavy (non-hydrogen) atoms. The standard InChI is InChI=1S/C24H29NOS/c1-5-20(19-12-10-18(11-13-19)16-17(3)4)23-25-22(26)21(27-23)24(6-2)14-8-7-9-15-24/h6-14,17,20,26H,2,5,15-16H2,1,3-4H3. The highest BCUT2D eigenvalue weighted by molar-refractivity contribution is 7.12. The molecule has 0 aliphatic heterocycles. The van der Waals surface area contributed by atoms with E-state index in [9.17, 15) is 5.11 Å². The van der Waals surface area contributed by atoms with E-state index in [-0.39, 0.29) is 17.2 Å². The fourth-order valence-corrected chi connectivity index (χ4v) is 5.09.